The highest BCUT2D eigenvalue weighted by Crippen LogP contribution is 2.21. The lowest BCUT2D eigenvalue weighted by Gasteiger charge is -2.36. The van der Waals surface area contributed by atoms with Crippen molar-refractivity contribution in [2.45, 2.75) is 59.4 Å². The number of likely N-dealkylation sites (tertiary alicyclic amines) is 2. The first-order valence-corrected chi connectivity index (χ1v) is 10.5. The van der Waals surface area contributed by atoms with Crippen LogP contribution in [0, 0.1) is 11.8 Å². The summed E-state index contributed by atoms with van der Waals surface area (Å²) in [5, 5.41) is 3.44. The van der Waals surface area contributed by atoms with Crippen LogP contribution in [0.1, 0.15) is 53.4 Å². The molecule has 0 radical (unpaired) electrons. The summed E-state index contributed by atoms with van der Waals surface area (Å²) in [4.78, 5) is 21.8. The molecule has 0 aromatic rings. The van der Waals surface area contributed by atoms with Crippen molar-refractivity contribution in [1.29, 1.82) is 0 Å². The Kier molecular flexibility index (Phi) is 8.69. The summed E-state index contributed by atoms with van der Waals surface area (Å²) in [5.74, 6) is 1.67. The van der Waals surface area contributed by atoms with Crippen molar-refractivity contribution >= 4 is 11.9 Å². The molecule has 0 aromatic heterocycles. The molecular weight excluding hydrogens is 328 g/mol. The average molecular weight is 367 g/mol. The summed E-state index contributed by atoms with van der Waals surface area (Å²) in [7, 11) is 0. The molecule has 1 unspecified atom stereocenters. The molecule has 0 spiro atoms. The Bertz CT molecular complexity index is 459. The van der Waals surface area contributed by atoms with E-state index in [4.69, 9.17) is 9.73 Å². The van der Waals surface area contributed by atoms with Crippen LogP contribution in [0.2, 0.25) is 0 Å². The van der Waals surface area contributed by atoms with Crippen molar-refractivity contribution in [3.63, 3.8) is 0 Å². The Morgan fingerprint density at radius 3 is 2.54 bits per heavy atom. The number of hydrogen-bond acceptors (Lipinski definition) is 4. The van der Waals surface area contributed by atoms with Crippen molar-refractivity contribution in [2.24, 2.45) is 16.8 Å². The largest absolute Gasteiger partial charge is 0.466 e. The zero-order valence-corrected chi connectivity index (χ0v) is 17.2. The molecule has 0 saturated carbocycles. The highest BCUT2D eigenvalue weighted by atomic mass is 16.5. The molecule has 1 N–H and O–H groups in total. The van der Waals surface area contributed by atoms with Gasteiger partial charge in [-0.05, 0) is 65.8 Å². The van der Waals surface area contributed by atoms with E-state index in [0.717, 1.165) is 51.5 Å². The molecular formula is C20H38N4O2. The number of guanidine groups is 1. The monoisotopic (exact) mass is 366 g/mol. The number of piperidine rings is 2. The first kappa shape index (κ1) is 21.0. The van der Waals surface area contributed by atoms with E-state index in [1.54, 1.807) is 0 Å². The molecule has 2 aliphatic rings. The van der Waals surface area contributed by atoms with Crippen LogP contribution in [0.25, 0.3) is 0 Å². The molecule has 2 aliphatic heterocycles. The SMILES string of the molecule is CCNC(=NCC1CCCN(C(C)C)C1)N1CCC(C(=O)OCC)CC1. The van der Waals surface area contributed by atoms with Crippen LogP contribution in [0.5, 0.6) is 0 Å². The highest BCUT2D eigenvalue weighted by molar-refractivity contribution is 5.80. The molecule has 6 heteroatoms. The van der Waals surface area contributed by atoms with E-state index in [2.05, 4.69) is 35.9 Å². The molecule has 26 heavy (non-hydrogen) atoms. The number of nitrogens with one attached hydrogen (secondary N) is 1. The van der Waals surface area contributed by atoms with Gasteiger partial charge in [0.1, 0.15) is 0 Å². The molecule has 2 rings (SSSR count). The van der Waals surface area contributed by atoms with E-state index in [1.165, 1.54) is 19.4 Å². The fourth-order valence-electron chi connectivity index (χ4n) is 3.94. The van der Waals surface area contributed by atoms with Gasteiger partial charge in [-0.2, -0.15) is 0 Å². The summed E-state index contributed by atoms with van der Waals surface area (Å²) in [6.45, 7) is 14.9. The normalized spacial score (nSPS) is 23.3. The summed E-state index contributed by atoms with van der Waals surface area (Å²) >= 11 is 0. The van der Waals surface area contributed by atoms with Gasteiger partial charge >= 0.3 is 5.97 Å². The van der Waals surface area contributed by atoms with Gasteiger partial charge in [-0.3, -0.25) is 9.79 Å². The van der Waals surface area contributed by atoms with Crippen LogP contribution in [-0.2, 0) is 9.53 Å². The topological polar surface area (TPSA) is 57.2 Å². The number of carbonyl (C=O) groups excluding carboxylic acids is 1. The standard InChI is InChI=1S/C20H38N4O2/c1-5-21-20(22-14-17-8-7-11-24(15-17)16(3)4)23-12-9-18(10-13-23)19(25)26-6-2/h16-18H,5-15H2,1-4H3,(H,21,22). The van der Waals surface area contributed by atoms with Gasteiger partial charge in [0.25, 0.3) is 0 Å². The van der Waals surface area contributed by atoms with Crippen LogP contribution in [0.4, 0.5) is 0 Å². The Morgan fingerprint density at radius 1 is 1.19 bits per heavy atom. The first-order valence-electron chi connectivity index (χ1n) is 10.5. The third-order valence-corrected chi connectivity index (χ3v) is 5.53. The van der Waals surface area contributed by atoms with Gasteiger partial charge in [0.05, 0.1) is 12.5 Å². The minimum Gasteiger partial charge on any atom is -0.466 e. The van der Waals surface area contributed by atoms with E-state index in [0.29, 0.717) is 18.6 Å². The number of aliphatic imine (C=N–C) groups is 1. The zero-order valence-electron chi connectivity index (χ0n) is 17.2. The summed E-state index contributed by atoms with van der Waals surface area (Å²) < 4.78 is 5.17. The summed E-state index contributed by atoms with van der Waals surface area (Å²) in [5.41, 5.74) is 0. The maximum Gasteiger partial charge on any atom is 0.309 e. The minimum absolute atomic E-state index is 0.0370. The van der Waals surface area contributed by atoms with Crippen molar-refractivity contribution in [3.05, 3.63) is 0 Å². The van der Waals surface area contributed by atoms with E-state index < -0.39 is 0 Å². The fourth-order valence-corrected chi connectivity index (χ4v) is 3.94. The van der Waals surface area contributed by atoms with Crippen LogP contribution in [-0.4, -0.2) is 73.6 Å². The number of esters is 1. The van der Waals surface area contributed by atoms with Crippen molar-refractivity contribution in [2.75, 3.05) is 45.9 Å². The molecule has 0 bridgehead atoms. The zero-order chi connectivity index (χ0) is 18.9. The Hall–Kier alpha value is -1.30. The van der Waals surface area contributed by atoms with Gasteiger partial charge in [-0.15, -0.1) is 0 Å². The number of hydrogen-bond donors (Lipinski definition) is 1. The molecule has 0 aliphatic carbocycles. The number of ether oxygens (including phenoxy) is 1. The number of carbonyl (C=O) groups is 1. The highest BCUT2D eigenvalue weighted by Gasteiger charge is 2.28. The summed E-state index contributed by atoms with van der Waals surface area (Å²) in [6.07, 6.45) is 4.26. The van der Waals surface area contributed by atoms with Gasteiger partial charge in [-0.1, -0.05) is 0 Å². The Balaban J connectivity index is 1.88. The van der Waals surface area contributed by atoms with Crippen LogP contribution < -0.4 is 5.32 Å². The maximum absolute atomic E-state index is 11.9. The molecule has 6 nitrogen and oxygen atoms in total. The van der Waals surface area contributed by atoms with Gasteiger partial charge < -0.3 is 19.9 Å². The van der Waals surface area contributed by atoms with Gasteiger partial charge in [-0.25, -0.2) is 0 Å². The lowest BCUT2D eigenvalue weighted by molar-refractivity contribution is -0.149. The Morgan fingerprint density at radius 2 is 1.92 bits per heavy atom. The van der Waals surface area contributed by atoms with E-state index in [-0.39, 0.29) is 11.9 Å². The number of nitrogens with zero attached hydrogens (tertiary/aromatic N) is 3. The molecule has 2 saturated heterocycles. The second-order valence-corrected chi connectivity index (χ2v) is 7.80. The lowest BCUT2D eigenvalue weighted by atomic mass is 9.97. The second kappa shape index (κ2) is 10.8. The predicted molar refractivity (Wildman–Crippen MR) is 106 cm³/mol. The third kappa shape index (κ3) is 6.15. The van der Waals surface area contributed by atoms with E-state index in [1.807, 2.05) is 6.92 Å². The Labute approximate surface area is 159 Å². The second-order valence-electron chi connectivity index (χ2n) is 7.80. The van der Waals surface area contributed by atoms with E-state index in [9.17, 15) is 4.79 Å². The number of rotatable bonds is 6. The van der Waals surface area contributed by atoms with Gasteiger partial charge in [0.2, 0.25) is 0 Å². The molecule has 0 amide bonds. The van der Waals surface area contributed by atoms with Crippen molar-refractivity contribution in [1.82, 2.24) is 15.1 Å². The van der Waals surface area contributed by atoms with Gasteiger partial charge in [0, 0.05) is 38.8 Å². The van der Waals surface area contributed by atoms with Crippen molar-refractivity contribution < 1.29 is 9.53 Å². The predicted octanol–water partition coefficient (Wildman–Crippen LogP) is 2.35. The molecule has 2 fully saturated rings. The van der Waals surface area contributed by atoms with Crippen LogP contribution in [0.15, 0.2) is 4.99 Å². The van der Waals surface area contributed by atoms with Crippen LogP contribution >= 0.6 is 0 Å². The van der Waals surface area contributed by atoms with Crippen molar-refractivity contribution in [3.8, 4) is 0 Å². The maximum atomic E-state index is 11.9. The smallest absolute Gasteiger partial charge is 0.309 e. The first-order chi connectivity index (χ1) is 12.5. The van der Waals surface area contributed by atoms with Crippen LogP contribution in [0.3, 0.4) is 0 Å². The molecule has 1 atom stereocenters. The summed E-state index contributed by atoms with van der Waals surface area (Å²) in [6, 6.07) is 0.622. The molecule has 150 valence electrons. The minimum atomic E-state index is -0.0370. The lowest BCUT2D eigenvalue weighted by Crippen LogP contribution is -2.47. The average Bonchev–Trinajstić information content (AvgIpc) is 2.65. The van der Waals surface area contributed by atoms with E-state index >= 15 is 0 Å². The molecule has 2 heterocycles. The molecule has 0 aromatic carbocycles. The van der Waals surface area contributed by atoms with Gasteiger partial charge in [0.15, 0.2) is 5.96 Å². The quantitative estimate of drug-likeness (QED) is 0.444. The fraction of sp³-hybridized carbons (Fsp3) is 0.900. The third-order valence-electron chi connectivity index (χ3n) is 5.53.